The first-order valence-corrected chi connectivity index (χ1v) is 17.8. The maximum Gasteiger partial charge on any atom is 0.337 e. The highest BCUT2D eigenvalue weighted by atomic mass is 35.5. The number of aryl methyl sites for hydroxylation is 2. The molecule has 246 valence electrons. The molecule has 8 nitrogen and oxygen atoms in total. The van der Waals surface area contributed by atoms with Gasteiger partial charge in [0.1, 0.15) is 5.01 Å². The number of ether oxygens (including phenoxy) is 1. The Kier molecular flexibility index (Phi) is 8.64. The van der Waals surface area contributed by atoms with Gasteiger partial charge in [-0.2, -0.15) is 5.10 Å². The summed E-state index contributed by atoms with van der Waals surface area (Å²) in [5, 5.41) is 21.7. The first-order chi connectivity index (χ1) is 22.5. The van der Waals surface area contributed by atoms with E-state index in [0.29, 0.717) is 22.5 Å². The molecule has 0 unspecified atom stereocenters. The van der Waals surface area contributed by atoms with Gasteiger partial charge < -0.3 is 15.2 Å². The van der Waals surface area contributed by atoms with Crippen LogP contribution in [-0.4, -0.2) is 68.6 Å². The summed E-state index contributed by atoms with van der Waals surface area (Å²) in [6.45, 7) is 15.0. The molecule has 2 aliphatic rings. The van der Waals surface area contributed by atoms with E-state index in [2.05, 4.69) is 40.0 Å². The Balaban J connectivity index is 1.34. The van der Waals surface area contributed by atoms with Crippen molar-refractivity contribution < 1.29 is 14.6 Å². The van der Waals surface area contributed by atoms with Gasteiger partial charge >= 0.3 is 5.97 Å². The number of nitrogens with one attached hydrogen (secondary N) is 1. The Morgan fingerprint density at radius 1 is 1.11 bits per heavy atom. The van der Waals surface area contributed by atoms with Crippen LogP contribution in [0.4, 0.5) is 0 Å². The molecule has 2 aliphatic heterocycles. The number of fused-ring (bicyclic) bond motifs is 2. The molecule has 5 aromatic rings. The molecule has 1 atom stereocenters. The fraction of sp³-hybridized carbons (Fsp3) is 0.432. The highest BCUT2D eigenvalue weighted by Gasteiger charge is 2.33. The molecule has 2 aromatic heterocycles. The number of hydrogen-bond donors (Lipinski definition) is 2. The smallest absolute Gasteiger partial charge is 0.337 e. The first kappa shape index (κ1) is 32.2. The molecule has 0 aliphatic carbocycles. The lowest BCUT2D eigenvalue weighted by molar-refractivity contribution is -0.160. The lowest BCUT2D eigenvalue weighted by Gasteiger charge is -2.42. The Morgan fingerprint density at radius 2 is 1.81 bits per heavy atom. The van der Waals surface area contributed by atoms with Crippen molar-refractivity contribution in [3.05, 3.63) is 70.4 Å². The number of thiazole rings is 1. The van der Waals surface area contributed by atoms with Crippen LogP contribution in [0.15, 0.2) is 48.5 Å². The number of aliphatic carboxylic acids is 1. The zero-order valence-electron chi connectivity index (χ0n) is 27.6. The largest absolute Gasteiger partial charge is 0.479 e. The first-order valence-electron chi connectivity index (χ1n) is 16.6. The molecule has 0 radical (unpaired) electrons. The van der Waals surface area contributed by atoms with E-state index < -0.39 is 17.7 Å². The second-order valence-electron chi connectivity index (χ2n) is 13.9. The summed E-state index contributed by atoms with van der Waals surface area (Å²) < 4.78 is 9.25. The van der Waals surface area contributed by atoms with Crippen LogP contribution < -0.4 is 5.32 Å². The van der Waals surface area contributed by atoms with Crippen LogP contribution in [0.5, 0.6) is 0 Å². The standard InChI is InChI=1S/C37H42ClN5O3S/c1-6-43-29-12-9-24(18-27(29)32(41-43)23-13-15-42(16-14-23)26-19-39-20-26)35-40-28-17-21(2)30(33(36(44)45)46-37(3,4)5)31(34(28)47-35)22-7-10-25(38)11-8-22/h7-12,17-18,23,26,33,39H,6,13-16,19-20H2,1-5H3,(H,44,45)/t33-/m0/s1. The number of likely N-dealkylation sites (tertiary alicyclic amines) is 1. The van der Waals surface area contributed by atoms with Crippen LogP contribution in [-0.2, 0) is 16.1 Å². The molecule has 2 saturated heterocycles. The summed E-state index contributed by atoms with van der Waals surface area (Å²) >= 11 is 7.88. The molecule has 4 heterocycles. The lowest BCUT2D eigenvalue weighted by Crippen LogP contribution is -2.58. The second kappa shape index (κ2) is 12.6. The number of benzene rings is 3. The van der Waals surface area contributed by atoms with Gasteiger partial charge in [0, 0.05) is 58.7 Å². The Morgan fingerprint density at radius 3 is 2.43 bits per heavy atom. The molecule has 10 heteroatoms. The van der Waals surface area contributed by atoms with Crippen LogP contribution in [0.1, 0.15) is 69.4 Å². The third kappa shape index (κ3) is 6.20. The summed E-state index contributed by atoms with van der Waals surface area (Å²) in [5.74, 6) is -0.596. The van der Waals surface area contributed by atoms with Crippen molar-refractivity contribution >= 4 is 50.0 Å². The minimum absolute atomic E-state index is 0.428. The van der Waals surface area contributed by atoms with E-state index in [1.165, 1.54) is 11.1 Å². The topological polar surface area (TPSA) is 92.5 Å². The molecule has 2 fully saturated rings. The molecule has 7 rings (SSSR count). The van der Waals surface area contributed by atoms with Gasteiger partial charge in [-0.3, -0.25) is 9.58 Å². The van der Waals surface area contributed by atoms with Gasteiger partial charge in [-0.25, -0.2) is 9.78 Å². The summed E-state index contributed by atoms with van der Waals surface area (Å²) in [7, 11) is 0. The molecule has 0 amide bonds. The van der Waals surface area contributed by atoms with Crippen LogP contribution in [0.2, 0.25) is 5.02 Å². The van der Waals surface area contributed by atoms with Crippen LogP contribution in [0.25, 0.3) is 42.8 Å². The van der Waals surface area contributed by atoms with Crippen molar-refractivity contribution in [2.45, 2.75) is 77.7 Å². The number of piperidine rings is 1. The van der Waals surface area contributed by atoms with E-state index in [1.807, 2.05) is 58.0 Å². The van der Waals surface area contributed by atoms with Crippen molar-refractivity contribution in [3.63, 3.8) is 0 Å². The number of carbonyl (C=O) groups is 1. The van der Waals surface area contributed by atoms with Gasteiger partial charge in [0.05, 0.1) is 27.0 Å². The summed E-state index contributed by atoms with van der Waals surface area (Å²) in [6.07, 6.45) is 1.08. The van der Waals surface area contributed by atoms with Gasteiger partial charge in [0.25, 0.3) is 0 Å². The number of nitrogens with zero attached hydrogens (tertiary/aromatic N) is 4. The quantitative estimate of drug-likeness (QED) is 0.172. The molecule has 2 N–H and O–H groups in total. The second-order valence-corrected chi connectivity index (χ2v) is 15.3. The van der Waals surface area contributed by atoms with Gasteiger partial charge in [-0.1, -0.05) is 23.7 Å². The van der Waals surface area contributed by atoms with Crippen LogP contribution in [0, 0.1) is 6.92 Å². The normalized spacial score (nSPS) is 17.4. The third-order valence-corrected chi connectivity index (χ3v) is 10.9. The number of rotatable bonds is 8. The average Bonchev–Trinajstić information content (AvgIpc) is 3.60. The van der Waals surface area contributed by atoms with Crippen LogP contribution in [0.3, 0.4) is 0 Å². The van der Waals surface area contributed by atoms with E-state index >= 15 is 0 Å². The van der Waals surface area contributed by atoms with E-state index in [-0.39, 0.29) is 0 Å². The van der Waals surface area contributed by atoms with Gasteiger partial charge in [0.2, 0.25) is 0 Å². The monoisotopic (exact) mass is 671 g/mol. The number of carboxylic acid groups (broad SMARTS) is 1. The van der Waals surface area contributed by atoms with E-state index in [0.717, 1.165) is 88.6 Å². The molecule has 47 heavy (non-hydrogen) atoms. The van der Waals surface area contributed by atoms with Crippen LogP contribution >= 0.6 is 22.9 Å². The maximum absolute atomic E-state index is 12.7. The highest BCUT2D eigenvalue weighted by Crippen LogP contribution is 2.45. The molecule has 0 bridgehead atoms. The minimum Gasteiger partial charge on any atom is -0.479 e. The van der Waals surface area contributed by atoms with Crippen molar-refractivity contribution in [1.29, 1.82) is 0 Å². The van der Waals surface area contributed by atoms with Crippen molar-refractivity contribution in [3.8, 4) is 21.7 Å². The molecular formula is C37H42ClN5O3S. The molecular weight excluding hydrogens is 630 g/mol. The van der Waals surface area contributed by atoms with E-state index in [4.69, 9.17) is 26.4 Å². The number of carboxylic acids is 1. The predicted molar refractivity (Wildman–Crippen MR) is 191 cm³/mol. The van der Waals surface area contributed by atoms with Gasteiger partial charge in [-0.05, 0) is 108 Å². The highest BCUT2D eigenvalue weighted by molar-refractivity contribution is 7.22. The van der Waals surface area contributed by atoms with Crippen molar-refractivity contribution in [1.82, 2.24) is 25.0 Å². The SMILES string of the molecule is CCn1nc(C2CCN(C3CNC3)CC2)c2cc(-c3nc4cc(C)c([C@H](OC(C)(C)C)C(=O)O)c(-c5ccc(Cl)cc5)c4s3)ccc21. The Hall–Kier alpha value is -3.34. The fourth-order valence-corrected chi connectivity index (χ4v) is 8.36. The van der Waals surface area contributed by atoms with E-state index in [9.17, 15) is 9.90 Å². The fourth-order valence-electron chi connectivity index (χ4n) is 7.11. The molecule has 3 aromatic carbocycles. The van der Waals surface area contributed by atoms with Crippen molar-refractivity contribution in [2.75, 3.05) is 26.2 Å². The number of aromatic nitrogens is 3. The summed E-state index contributed by atoms with van der Waals surface area (Å²) in [4.78, 5) is 20.5. The summed E-state index contributed by atoms with van der Waals surface area (Å²) in [6, 6.07) is 16.8. The van der Waals surface area contributed by atoms with Gasteiger partial charge in [0.15, 0.2) is 6.10 Å². The van der Waals surface area contributed by atoms with Crippen molar-refractivity contribution in [2.24, 2.45) is 0 Å². The Bertz CT molecular complexity index is 1950. The van der Waals surface area contributed by atoms with Gasteiger partial charge in [-0.15, -0.1) is 11.3 Å². The Labute approximate surface area is 284 Å². The van der Waals surface area contributed by atoms with E-state index in [1.54, 1.807) is 11.3 Å². The molecule has 0 saturated carbocycles. The maximum atomic E-state index is 12.7. The molecule has 0 spiro atoms. The zero-order valence-corrected chi connectivity index (χ0v) is 29.2. The average molecular weight is 672 g/mol. The lowest BCUT2D eigenvalue weighted by atomic mass is 9.90. The number of halogens is 1. The zero-order chi connectivity index (χ0) is 33.0. The number of hydrogen-bond acceptors (Lipinski definition) is 7. The summed E-state index contributed by atoms with van der Waals surface area (Å²) in [5.41, 5.74) is 6.72. The minimum atomic E-state index is -1.15. The third-order valence-electron chi connectivity index (χ3n) is 9.54. The predicted octanol–water partition coefficient (Wildman–Crippen LogP) is 8.05.